The van der Waals surface area contributed by atoms with Crippen molar-refractivity contribution in [2.75, 3.05) is 32.2 Å². The average Bonchev–Trinajstić information content (AvgIpc) is 3.31. The molecule has 2 saturated heterocycles. The van der Waals surface area contributed by atoms with Gasteiger partial charge in [-0.1, -0.05) is 18.2 Å². The Morgan fingerprint density at radius 2 is 1.74 bits per heavy atom. The van der Waals surface area contributed by atoms with E-state index in [1.54, 1.807) is 20.1 Å². The van der Waals surface area contributed by atoms with E-state index in [2.05, 4.69) is 17.0 Å². The van der Waals surface area contributed by atoms with Crippen molar-refractivity contribution in [1.29, 1.82) is 0 Å². The monoisotopic (exact) mass is 637 g/mol. The number of alkyl halides is 3. The summed E-state index contributed by atoms with van der Waals surface area (Å²) in [5.74, 6) is 1.49. The normalized spacial score (nSPS) is 23.1. The van der Waals surface area contributed by atoms with E-state index in [0.717, 1.165) is 79.8 Å². The quantitative estimate of drug-likeness (QED) is 0.237. The number of methoxy groups -OCH3 is 2. The van der Waals surface area contributed by atoms with Crippen LogP contribution >= 0.6 is 0 Å². The Balaban J connectivity index is 1.32. The number of carbonyl (C=O) groups is 2. The third-order valence-corrected chi connectivity index (χ3v) is 9.64. The summed E-state index contributed by atoms with van der Waals surface area (Å²) in [7, 11) is 3.04. The summed E-state index contributed by atoms with van der Waals surface area (Å²) >= 11 is 0. The van der Waals surface area contributed by atoms with Gasteiger partial charge < -0.3 is 19.1 Å². The van der Waals surface area contributed by atoms with Gasteiger partial charge in [-0.2, -0.15) is 13.2 Å². The van der Waals surface area contributed by atoms with Gasteiger partial charge in [0.2, 0.25) is 0 Å². The standard InChI is InChI=1S/C35H38F3N3O5/c1-21-32(25-6-4-7-26(18-25)35(36,37)38)46-34(43)41(21)20-29-27(13-15-31(39-29)40-16-5-17-40)28-19-24(12-14-30(28)44-2)22-8-10-23(11-9-22)33(42)45-3/h4,6-7,12-15,18-19,21-23,32H,5,8-11,16-17,20H2,1-3H3/t21-,22-,23-,32-/m0/s1. The molecule has 0 N–H and O–H groups in total. The van der Waals surface area contributed by atoms with Crippen LogP contribution in [0.3, 0.4) is 0 Å². The Morgan fingerprint density at radius 3 is 2.39 bits per heavy atom. The number of nitrogens with zero attached hydrogens (tertiary/aromatic N) is 3. The molecule has 3 aliphatic rings. The van der Waals surface area contributed by atoms with Crippen molar-refractivity contribution in [2.24, 2.45) is 5.92 Å². The van der Waals surface area contributed by atoms with Gasteiger partial charge in [0, 0.05) is 24.2 Å². The van der Waals surface area contributed by atoms with E-state index in [9.17, 15) is 22.8 Å². The fourth-order valence-corrected chi connectivity index (χ4v) is 6.81. The van der Waals surface area contributed by atoms with Crippen LogP contribution in [0, 0.1) is 5.92 Å². The predicted molar refractivity (Wildman–Crippen MR) is 165 cm³/mol. The van der Waals surface area contributed by atoms with Crippen molar-refractivity contribution < 1.29 is 37.0 Å². The Hall–Kier alpha value is -4.28. The number of aromatic nitrogens is 1. The summed E-state index contributed by atoms with van der Waals surface area (Å²) in [4.78, 5) is 34.1. The number of cyclic esters (lactones) is 1. The number of rotatable bonds is 8. The maximum absolute atomic E-state index is 13.4. The van der Waals surface area contributed by atoms with Crippen LogP contribution in [0.15, 0.2) is 54.6 Å². The van der Waals surface area contributed by atoms with Gasteiger partial charge in [-0.05, 0) is 92.5 Å². The lowest BCUT2D eigenvalue weighted by Gasteiger charge is -2.33. The Labute approximate surface area is 266 Å². The Bertz CT molecular complexity index is 1600. The van der Waals surface area contributed by atoms with Crippen molar-refractivity contribution in [3.63, 3.8) is 0 Å². The fourth-order valence-electron chi connectivity index (χ4n) is 6.81. The summed E-state index contributed by atoms with van der Waals surface area (Å²) in [5, 5.41) is 0. The molecular weight excluding hydrogens is 599 g/mol. The number of esters is 1. The number of ether oxygens (including phenoxy) is 3. The summed E-state index contributed by atoms with van der Waals surface area (Å²) in [6, 6.07) is 14.5. The lowest BCUT2D eigenvalue weighted by Crippen LogP contribution is -2.38. The van der Waals surface area contributed by atoms with Gasteiger partial charge in [0.25, 0.3) is 0 Å². The van der Waals surface area contributed by atoms with Crippen LogP contribution in [0.1, 0.15) is 73.4 Å². The molecule has 0 unspecified atom stereocenters. The van der Waals surface area contributed by atoms with Crippen molar-refractivity contribution in [3.8, 4) is 16.9 Å². The highest BCUT2D eigenvalue weighted by atomic mass is 19.4. The fraction of sp³-hybridized carbons (Fsp3) is 0.457. The number of anilines is 1. The van der Waals surface area contributed by atoms with E-state index < -0.39 is 30.0 Å². The molecule has 46 heavy (non-hydrogen) atoms. The molecule has 1 saturated carbocycles. The number of benzene rings is 2. The number of halogens is 3. The highest BCUT2D eigenvalue weighted by Crippen LogP contribution is 2.42. The second-order valence-electron chi connectivity index (χ2n) is 12.3. The maximum Gasteiger partial charge on any atom is 0.416 e. The lowest BCUT2D eigenvalue weighted by molar-refractivity contribution is -0.146. The molecule has 1 aromatic heterocycles. The van der Waals surface area contributed by atoms with Crippen LogP contribution in [0.4, 0.5) is 23.8 Å². The molecule has 0 spiro atoms. The molecule has 1 amide bonds. The summed E-state index contributed by atoms with van der Waals surface area (Å²) in [6.07, 6.45) is -1.67. The summed E-state index contributed by atoms with van der Waals surface area (Å²) in [6.45, 7) is 3.65. The third-order valence-electron chi connectivity index (χ3n) is 9.64. The zero-order chi connectivity index (χ0) is 32.6. The van der Waals surface area contributed by atoms with Crippen molar-refractivity contribution >= 4 is 17.9 Å². The maximum atomic E-state index is 13.4. The molecule has 3 aromatic rings. The molecule has 0 radical (unpaired) electrons. The first kappa shape index (κ1) is 31.7. The van der Waals surface area contributed by atoms with E-state index in [1.807, 2.05) is 18.2 Å². The molecule has 2 aromatic carbocycles. The SMILES string of the molecule is COc1ccc([C@H]2CC[C@H](C(=O)OC)CC2)cc1-c1ccc(N2CCC2)nc1CN1C(=O)O[C@H](c2cccc(C(F)(F)F)c2)[C@@H]1C. The number of hydrogen-bond acceptors (Lipinski definition) is 7. The average molecular weight is 638 g/mol. The minimum absolute atomic E-state index is 0.0780. The van der Waals surface area contributed by atoms with E-state index >= 15 is 0 Å². The molecule has 244 valence electrons. The van der Waals surface area contributed by atoms with E-state index in [4.69, 9.17) is 19.2 Å². The number of carbonyl (C=O) groups excluding carboxylic acids is 2. The summed E-state index contributed by atoms with van der Waals surface area (Å²) < 4.78 is 56.8. The minimum Gasteiger partial charge on any atom is -0.496 e. The Kier molecular flexibility index (Phi) is 8.85. The van der Waals surface area contributed by atoms with E-state index in [-0.39, 0.29) is 29.9 Å². The highest BCUT2D eigenvalue weighted by Gasteiger charge is 2.41. The van der Waals surface area contributed by atoms with Gasteiger partial charge in [0.1, 0.15) is 17.7 Å². The van der Waals surface area contributed by atoms with E-state index in [1.165, 1.54) is 18.1 Å². The van der Waals surface area contributed by atoms with Crippen LogP contribution < -0.4 is 9.64 Å². The molecule has 2 atom stereocenters. The molecule has 0 bridgehead atoms. The van der Waals surface area contributed by atoms with Gasteiger partial charge >= 0.3 is 18.2 Å². The molecule has 8 nitrogen and oxygen atoms in total. The molecule has 1 aliphatic carbocycles. The van der Waals surface area contributed by atoms with Crippen LogP contribution in [0.25, 0.3) is 11.1 Å². The van der Waals surface area contributed by atoms with Gasteiger partial charge in [-0.25, -0.2) is 9.78 Å². The molecule has 3 fully saturated rings. The van der Waals surface area contributed by atoms with E-state index in [0.29, 0.717) is 11.4 Å². The third kappa shape index (κ3) is 6.24. The number of pyridine rings is 1. The first-order valence-corrected chi connectivity index (χ1v) is 15.7. The van der Waals surface area contributed by atoms with Crippen LogP contribution in [-0.4, -0.2) is 55.3 Å². The van der Waals surface area contributed by atoms with Crippen LogP contribution in [-0.2, 0) is 27.0 Å². The molecule has 6 rings (SSSR count). The zero-order valence-corrected chi connectivity index (χ0v) is 26.2. The Morgan fingerprint density at radius 1 is 0.978 bits per heavy atom. The first-order valence-electron chi connectivity index (χ1n) is 15.7. The largest absolute Gasteiger partial charge is 0.496 e. The van der Waals surface area contributed by atoms with Crippen LogP contribution in [0.5, 0.6) is 5.75 Å². The van der Waals surface area contributed by atoms with Crippen molar-refractivity contribution in [3.05, 3.63) is 77.0 Å². The number of hydrogen-bond donors (Lipinski definition) is 0. The predicted octanol–water partition coefficient (Wildman–Crippen LogP) is 7.51. The second-order valence-corrected chi connectivity index (χ2v) is 12.3. The first-order chi connectivity index (χ1) is 22.1. The van der Waals surface area contributed by atoms with Crippen LogP contribution in [0.2, 0.25) is 0 Å². The molecular formula is C35H38F3N3O5. The minimum atomic E-state index is -4.51. The van der Waals surface area contributed by atoms with Crippen molar-refractivity contribution in [1.82, 2.24) is 9.88 Å². The van der Waals surface area contributed by atoms with Gasteiger partial charge in [0.05, 0.1) is 44.0 Å². The smallest absolute Gasteiger partial charge is 0.416 e. The second kappa shape index (κ2) is 12.8. The molecule has 2 aliphatic heterocycles. The number of amides is 1. The van der Waals surface area contributed by atoms with Gasteiger partial charge in [0.15, 0.2) is 0 Å². The lowest BCUT2D eigenvalue weighted by atomic mass is 9.78. The van der Waals surface area contributed by atoms with Gasteiger partial charge in [-0.15, -0.1) is 0 Å². The highest BCUT2D eigenvalue weighted by molar-refractivity contribution is 5.76. The molecule has 3 heterocycles. The zero-order valence-electron chi connectivity index (χ0n) is 26.2. The topological polar surface area (TPSA) is 81.2 Å². The van der Waals surface area contributed by atoms with Gasteiger partial charge in [-0.3, -0.25) is 9.69 Å². The molecule has 11 heteroatoms. The van der Waals surface area contributed by atoms with Crippen molar-refractivity contribution in [2.45, 2.75) is 69.8 Å². The summed E-state index contributed by atoms with van der Waals surface area (Å²) in [5.41, 5.74) is 2.91.